The lowest BCUT2D eigenvalue weighted by molar-refractivity contribution is 0.234. The van der Waals surface area contributed by atoms with E-state index in [0.717, 1.165) is 30.3 Å². The van der Waals surface area contributed by atoms with Crippen molar-refractivity contribution in [3.8, 4) is 11.5 Å². The molecule has 0 amide bonds. The average molecular weight is 406 g/mol. The maximum atomic E-state index is 13.3. The summed E-state index contributed by atoms with van der Waals surface area (Å²) in [4.78, 5) is 2.50. The first-order valence-electron chi connectivity index (χ1n) is 5.91. The van der Waals surface area contributed by atoms with E-state index in [1.54, 1.807) is 0 Å². The van der Waals surface area contributed by atoms with Crippen LogP contribution in [0.1, 0.15) is 0 Å². The van der Waals surface area contributed by atoms with Crippen molar-refractivity contribution in [2.75, 3.05) is 0 Å². The number of sulfone groups is 1. The molecule has 2 rings (SSSR count). The molecule has 0 bridgehead atoms. The number of hydrogen-bond acceptors (Lipinski definition) is 3. The highest BCUT2D eigenvalue weighted by atomic mass is 79.9. The van der Waals surface area contributed by atoms with Crippen LogP contribution in [-0.4, -0.2) is 14.2 Å². The van der Waals surface area contributed by atoms with E-state index >= 15 is 0 Å². The molecule has 9 heteroatoms. The van der Waals surface area contributed by atoms with E-state index in [1.165, 1.54) is 6.07 Å². The molecular formula is C14H7BrF3NO3S. The van der Waals surface area contributed by atoms with Crippen molar-refractivity contribution in [1.29, 1.82) is 0 Å². The van der Waals surface area contributed by atoms with E-state index in [2.05, 4.69) is 20.8 Å². The van der Waals surface area contributed by atoms with Crippen molar-refractivity contribution in [1.82, 2.24) is 0 Å². The molecule has 0 aliphatic carbocycles. The summed E-state index contributed by atoms with van der Waals surface area (Å²) in [6.07, 6.45) is 0. The van der Waals surface area contributed by atoms with Crippen molar-refractivity contribution >= 4 is 31.5 Å². The molecule has 0 spiro atoms. The third-order valence-corrected chi connectivity index (χ3v) is 4.68. The van der Waals surface area contributed by atoms with Gasteiger partial charge >= 0.3 is 5.76 Å². The Morgan fingerprint density at radius 3 is 2.43 bits per heavy atom. The van der Waals surface area contributed by atoms with E-state index < -0.39 is 26.3 Å². The number of hydrogen-bond donors (Lipinski definition) is 0. The molecule has 0 saturated carbocycles. The van der Waals surface area contributed by atoms with Crippen molar-refractivity contribution < 1.29 is 26.3 Å². The lowest BCUT2D eigenvalue weighted by atomic mass is 10.3. The van der Waals surface area contributed by atoms with Crippen LogP contribution in [0.5, 0.6) is 11.5 Å². The second kappa shape index (κ2) is 6.60. The van der Waals surface area contributed by atoms with Crippen LogP contribution in [0.4, 0.5) is 18.9 Å². The standard InChI is InChI=1S/C14H7BrF3NO3S/c1-19-9-4-8(16)5-10(6-9)22-13-3-2-11(7-12(13)15)23(20,21)14(17)18/h2-7,14H. The predicted molar refractivity (Wildman–Crippen MR) is 80.1 cm³/mol. The molecule has 120 valence electrons. The van der Waals surface area contributed by atoms with Crippen LogP contribution in [0.25, 0.3) is 4.85 Å². The summed E-state index contributed by atoms with van der Waals surface area (Å²) in [6, 6.07) is 6.41. The summed E-state index contributed by atoms with van der Waals surface area (Å²) in [5.74, 6) is -4.12. The Morgan fingerprint density at radius 1 is 1.17 bits per heavy atom. The first-order chi connectivity index (χ1) is 10.7. The molecule has 0 aromatic heterocycles. The first kappa shape index (κ1) is 17.3. The Labute approximate surface area is 138 Å². The zero-order chi connectivity index (χ0) is 17.2. The van der Waals surface area contributed by atoms with Gasteiger partial charge in [-0.25, -0.2) is 17.7 Å². The van der Waals surface area contributed by atoms with Crippen molar-refractivity contribution in [3.05, 3.63) is 58.1 Å². The van der Waals surface area contributed by atoms with Gasteiger partial charge in [-0.3, -0.25) is 0 Å². The van der Waals surface area contributed by atoms with E-state index in [1.807, 2.05) is 0 Å². The van der Waals surface area contributed by atoms with Crippen LogP contribution in [-0.2, 0) is 9.84 Å². The van der Waals surface area contributed by atoms with E-state index in [-0.39, 0.29) is 21.7 Å². The van der Waals surface area contributed by atoms with Crippen LogP contribution in [0.2, 0.25) is 0 Å². The summed E-state index contributed by atoms with van der Waals surface area (Å²) < 4.78 is 66.5. The second-order valence-corrected chi connectivity index (χ2v) is 7.03. The normalized spacial score (nSPS) is 11.3. The topological polar surface area (TPSA) is 47.7 Å². The molecule has 0 N–H and O–H groups in total. The number of alkyl halides is 2. The Bertz CT molecular complexity index is 895. The summed E-state index contributed by atoms with van der Waals surface area (Å²) in [7, 11) is -4.73. The summed E-state index contributed by atoms with van der Waals surface area (Å²) in [5, 5.41) is 0. The van der Waals surface area contributed by atoms with Crippen molar-refractivity contribution in [3.63, 3.8) is 0 Å². The zero-order valence-corrected chi connectivity index (χ0v) is 13.5. The lowest BCUT2D eigenvalue weighted by Gasteiger charge is -2.10. The minimum atomic E-state index is -4.73. The van der Waals surface area contributed by atoms with Gasteiger partial charge in [0.25, 0.3) is 0 Å². The highest BCUT2D eigenvalue weighted by molar-refractivity contribution is 9.10. The van der Waals surface area contributed by atoms with Gasteiger partial charge in [0.05, 0.1) is 15.9 Å². The Kier molecular flexibility index (Phi) is 4.97. The quantitative estimate of drug-likeness (QED) is 0.677. The van der Waals surface area contributed by atoms with Gasteiger partial charge in [-0.2, -0.15) is 8.78 Å². The molecule has 0 aliphatic heterocycles. The van der Waals surface area contributed by atoms with Gasteiger partial charge in [-0.05, 0) is 46.3 Å². The molecule has 2 aromatic rings. The first-order valence-corrected chi connectivity index (χ1v) is 8.25. The van der Waals surface area contributed by atoms with Crippen LogP contribution in [0.15, 0.2) is 45.8 Å². The van der Waals surface area contributed by atoms with Gasteiger partial charge in [0.1, 0.15) is 17.3 Å². The fourth-order valence-corrected chi connectivity index (χ4v) is 3.00. The van der Waals surface area contributed by atoms with E-state index in [4.69, 9.17) is 11.3 Å². The van der Waals surface area contributed by atoms with Crippen molar-refractivity contribution in [2.45, 2.75) is 10.7 Å². The zero-order valence-electron chi connectivity index (χ0n) is 11.1. The third kappa shape index (κ3) is 3.83. The molecule has 0 heterocycles. The van der Waals surface area contributed by atoms with E-state index in [9.17, 15) is 21.6 Å². The Morgan fingerprint density at radius 2 is 1.87 bits per heavy atom. The van der Waals surface area contributed by atoms with Gasteiger partial charge in [0.2, 0.25) is 9.84 Å². The maximum Gasteiger partial charge on any atom is 0.341 e. The highest BCUT2D eigenvalue weighted by Crippen LogP contribution is 2.34. The predicted octanol–water partition coefficient (Wildman–Crippen LogP) is 4.93. The number of benzene rings is 2. The number of nitrogens with zero attached hydrogens (tertiary/aromatic N) is 1. The van der Waals surface area contributed by atoms with Crippen molar-refractivity contribution in [2.24, 2.45) is 0 Å². The van der Waals surface area contributed by atoms with Crippen LogP contribution in [0, 0.1) is 12.4 Å². The third-order valence-electron chi connectivity index (χ3n) is 2.68. The molecule has 23 heavy (non-hydrogen) atoms. The summed E-state index contributed by atoms with van der Waals surface area (Å²) in [6.45, 7) is 6.85. The molecule has 0 radical (unpaired) electrons. The molecule has 2 aromatic carbocycles. The Balaban J connectivity index is 2.37. The van der Waals surface area contributed by atoms with E-state index in [0.29, 0.717) is 0 Å². The fourth-order valence-electron chi connectivity index (χ4n) is 1.64. The monoisotopic (exact) mass is 405 g/mol. The summed E-state index contributed by atoms with van der Waals surface area (Å²) >= 11 is 3.01. The van der Waals surface area contributed by atoms with Gasteiger partial charge in [-0.1, -0.05) is 0 Å². The average Bonchev–Trinajstić information content (AvgIpc) is 2.48. The molecule has 4 nitrogen and oxygen atoms in total. The number of halogens is 4. The maximum absolute atomic E-state index is 13.3. The molecule has 0 saturated heterocycles. The Hall–Kier alpha value is -2.05. The molecule has 0 aliphatic rings. The number of ether oxygens (including phenoxy) is 1. The second-order valence-electron chi connectivity index (χ2n) is 4.26. The molecular weight excluding hydrogens is 399 g/mol. The van der Waals surface area contributed by atoms with Crippen LogP contribution < -0.4 is 4.74 Å². The minimum absolute atomic E-state index is 0.0150. The van der Waals surface area contributed by atoms with Gasteiger partial charge in [-0.15, -0.1) is 0 Å². The molecule has 0 fully saturated rings. The molecule has 0 unspecified atom stereocenters. The smallest absolute Gasteiger partial charge is 0.341 e. The molecule has 0 atom stereocenters. The number of rotatable bonds is 4. The lowest BCUT2D eigenvalue weighted by Crippen LogP contribution is -2.11. The van der Waals surface area contributed by atoms with Gasteiger partial charge in [0.15, 0.2) is 5.69 Å². The minimum Gasteiger partial charge on any atom is -0.457 e. The largest absolute Gasteiger partial charge is 0.457 e. The SMILES string of the molecule is [C-]#[N+]c1cc(F)cc(Oc2ccc(S(=O)(=O)C(F)F)cc2Br)c1. The fraction of sp³-hybridized carbons (Fsp3) is 0.0714. The van der Waals surface area contributed by atoms with Gasteiger partial charge < -0.3 is 4.74 Å². The van der Waals surface area contributed by atoms with Crippen LogP contribution >= 0.6 is 15.9 Å². The highest BCUT2D eigenvalue weighted by Gasteiger charge is 2.27. The summed E-state index contributed by atoms with van der Waals surface area (Å²) in [5.41, 5.74) is 0.0213. The van der Waals surface area contributed by atoms with Gasteiger partial charge in [0, 0.05) is 6.07 Å². The van der Waals surface area contributed by atoms with Crippen LogP contribution in [0.3, 0.4) is 0 Å².